The Labute approximate surface area is 181 Å². The van der Waals surface area contributed by atoms with Crippen LogP contribution in [-0.4, -0.2) is 68.4 Å². The molecule has 1 fully saturated rings. The summed E-state index contributed by atoms with van der Waals surface area (Å²) in [5.74, 6) is -0.0523. The van der Waals surface area contributed by atoms with Crippen molar-refractivity contribution in [3.63, 3.8) is 0 Å². The number of nitrogens with zero attached hydrogens (tertiary/aromatic N) is 5. The number of rotatable bonds is 9. The van der Waals surface area contributed by atoms with E-state index in [-0.39, 0.29) is 17.6 Å². The van der Waals surface area contributed by atoms with E-state index < -0.39 is 0 Å². The maximum absolute atomic E-state index is 12.3. The lowest BCUT2D eigenvalue weighted by Gasteiger charge is -2.33. The zero-order valence-electron chi connectivity index (χ0n) is 17.5. The Morgan fingerprint density at radius 1 is 1.23 bits per heavy atom. The van der Waals surface area contributed by atoms with Gasteiger partial charge >= 0.3 is 0 Å². The second-order valence-corrected chi connectivity index (χ2v) is 8.43. The molecule has 2 amide bonds. The molecule has 1 atom stereocenters. The minimum absolute atomic E-state index is 0.0927. The van der Waals surface area contributed by atoms with Gasteiger partial charge in [0.05, 0.1) is 5.75 Å². The molecule has 0 radical (unpaired) electrons. The third-order valence-electron chi connectivity index (χ3n) is 5.19. The van der Waals surface area contributed by atoms with Gasteiger partial charge in [0.1, 0.15) is 0 Å². The number of tetrazole rings is 1. The topological polar surface area (TPSA) is 105 Å². The highest BCUT2D eigenvalue weighted by atomic mass is 32.2. The summed E-state index contributed by atoms with van der Waals surface area (Å²) in [6.07, 6.45) is 4.81. The summed E-state index contributed by atoms with van der Waals surface area (Å²) in [6, 6.07) is 7.55. The average Bonchev–Trinajstić information content (AvgIpc) is 3.16. The summed E-state index contributed by atoms with van der Waals surface area (Å²) < 4.78 is 1.51. The molecule has 0 unspecified atom stereocenters. The van der Waals surface area contributed by atoms with Crippen molar-refractivity contribution in [2.45, 2.75) is 43.8 Å². The summed E-state index contributed by atoms with van der Waals surface area (Å²) in [6.45, 7) is 5.13. The highest BCUT2D eigenvalue weighted by Gasteiger charge is 2.17. The Bertz CT molecular complexity index is 840. The molecule has 1 aliphatic rings. The van der Waals surface area contributed by atoms with Crippen molar-refractivity contribution in [1.82, 2.24) is 30.4 Å². The Morgan fingerprint density at radius 2 is 2.03 bits per heavy atom. The van der Waals surface area contributed by atoms with Gasteiger partial charge in [-0.2, -0.15) is 0 Å². The first kappa shape index (κ1) is 22.2. The van der Waals surface area contributed by atoms with Gasteiger partial charge in [-0.1, -0.05) is 18.2 Å². The molecule has 0 bridgehead atoms. The van der Waals surface area contributed by atoms with Gasteiger partial charge in [-0.3, -0.25) is 9.59 Å². The van der Waals surface area contributed by atoms with Crippen molar-refractivity contribution in [2.24, 2.45) is 7.05 Å². The number of carbonyl (C=O) groups is 2. The minimum Gasteiger partial charge on any atom is -0.352 e. The minimum atomic E-state index is -0.160. The van der Waals surface area contributed by atoms with E-state index in [2.05, 4.69) is 38.0 Å². The number of hydrogen-bond donors (Lipinski definition) is 2. The Morgan fingerprint density at radius 3 is 2.73 bits per heavy atom. The number of nitrogens with one attached hydrogen (secondary N) is 2. The standard InChI is InChI=1S/C20H29N7O2S/c1-15-6-3-4-12-27(15)13-5-11-21-19(29)16-7-9-17(10-8-16)22-18(28)14-30-20-23-24-25-26(20)2/h7-10,15H,3-6,11-14H2,1-2H3,(H,21,29)(H,22,28)/t15-/m0/s1. The molecule has 1 saturated heterocycles. The Balaban J connectivity index is 1.37. The predicted octanol–water partition coefficient (Wildman–Crippen LogP) is 1.94. The molecule has 30 heavy (non-hydrogen) atoms. The van der Waals surface area contributed by atoms with Crippen LogP contribution in [0.4, 0.5) is 5.69 Å². The first-order valence-electron chi connectivity index (χ1n) is 10.3. The van der Waals surface area contributed by atoms with E-state index in [0.717, 1.165) is 19.5 Å². The first-order chi connectivity index (χ1) is 14.5. The van der Waals surface area contributed by atoms with E-state index >= 15 is 0 Å². The molecule has 0 aliphatic carbocycles. The van der Waals surface area contributed by atoms with Crippen LogP contribution in [0.1, 0.15) is 43.0 Å². The number of aromatic nitrogens is 4. The third kappa shape index (κ3) is 6.53. The fraction of sp³-hybridized carbons (Fsp3) is 0.550. The van der Waals surface area contributed by atoms with Crippen LogP contribution in [0.15, 0.2) is 29.4 Å². The van der Waals surface area contributed by atoms with Crippen molar-refractivity contribution in [1.29, 1.82) is 0 Å². The van der Waals surface area contributed by atoms with E-state index in [0.29, 0.717) is 29.0 Å². The molecule has 1 aromatic carbocycles. The molecule has 3 rings (SSSR count). The van der Waals surface area contributed by atoms with Gasteiger partial charge in [0.25, 0.3) is 5.91 Å². The van der Waals surface area contributed by atoms with Gasteiger partial charge in [0.15, 0.2) is 0 Å². The maximum Gasteiger partial charge on any atom is 0.251 e. The predicted molar refractivity (Wildman–Crippen MR) is 116 cm³/mol. The molecule has 10 heteroatoms. The van der Waals surface area contributed by atoms with E-state index in [9.17, 15) is 9.59 Å². The lowest BCUT2D eigenvalue weighted by Crippen LogP contribution is -2.39. The molecule has 1 aliphatic heterocycles. The van der Waals surface area contributed by atoms with E-state index in [1.807, 2.05) is 0 Å². The fourth-order valence-electron chi connectivity index (χ4n) is 3.45. The van der Waals surface area contributed by atoms with Gasteiger partial charge in [0.2, 0.25) is 11.1 Å². The van der Waals surface area contributed by atoms with Crippen LogP contribution >= 0.6 is 11.8 Å². The summed E-state index contributed by atoms with van der Waals surface area (Å²) in [7, 11) is 1.72. The van der Waals surface area contributed by atoms with Crippen molar-refractivity contribution in [2.75, 3.05) is 30.7 Å². The molecular weight excluding hydrogens is 402 g/mol. The van der Waals surface area contributed by atoms with Crippen molar-refractivity contribution < 1.29 is 9.59 Å². The molecule has 2 aromatic rings. The van der Waals surface area contributed by atoms with Crippen molar-refractivity contribution in [3.05, 3.63) is 29.8 Å². The number of hydrogen-bond acceptors (Lipinski definition) is 7. The number of piperidine rings is 1. The van der Waals surface area contributed by atoms with Crippen molar-refractivity contribution >= 4 is 29.3 Å². The average molecular weight is 432 g/mol. The van der Waals surface area contributed by atoms with E-state index in [1.54, 1.807) is 31.3 Å². The number of aryl methyl sites for hydroxylation is 1. The molecule has 0 spiro atoms. The summed E-state index contributed by atoms with van der Waals surface area (Å²) >= 11 is 1.26. The van der Waals surface area contributed by atoms with Gasteiger partial charge in [0, 0.05) is 37.4 Å². The number of thioether (sulfide) groups is 1. The monoisotopic (exact) mass is 431 g/mol. The van der Waals surface area contributed by atoms with Gasteiger partial charge in [-0.25, -0.2) is 4.68 Å². The summed E-state index contributed by atoms with van der Waals surface area (Å²) in [5.41, 5.74) is 1.23. The summed E-state index contributed by atoms with van der Waals surface area (Å²) in [5, 5.41) is 17.4. The molecule has 162 valence electrons. The van der Waals surface area contributed by atoms with Crippen LogP contribution in [-0.2, 0) is 11.8 Å². The normalized spacial score (nSPS) is 16.9. The molecule has 0 saturated carbocycles. The van der Waals surface area contributed by atoms with Crippen LogP contribution < -0.4 is 10.6 Å². The Hall–Kier alpha value is -2.46. The first-order valence-corrected chi connectivity index (χ1v) is 11.3. The largest absolute Gasteiger partial charge is 0.352 e. The fourth-order valence-corrected chi connectivity index (χ4v) is 4.10. The molecule has 2 N–H and O–H groups in total. The van der Waals surface area contributed by atoms with Crippen LogP contribution in [0.25, 0.3) is 0 Å². The van der Waals surface area contributed by atoms with E-state index in [1.165, 1.54) is 35.7 Å². The number of carbonyl (C=O) groups excluding carboxylic acids is 2. The molecular formula is C20H29N7O2S. The van der Waals surface area contributed by atoms with Crippen LogP contribution in [0, 0.1) is 0 Å². The second kappa shape index (κ2) is 11.1. The number of anilines is 1. The van der Waals surface area contributed by atoms with Crippen LogP contribution in [0.5, 0.6) is 0 Å². The lowest BCUT2D eigenvalue weighted by molar-refractivity contribution is -0.113. The number of amides is 2. The Kier molecular flexibility index (Phi) is 8.21. The van der Waals surface area contributed by atoms with Crippen LogP contribution in [0.2, 0.25) is 0 Å². The van der Waals surface area contributed by atoms with Crippen molar-refractivity contribution in [3.8, 4) is 0 Å². The van der Waals surface area contributed by atoms with Crippen LogP contribution in [0.3, 0.4) is 0 Å². The summed E-state index contributed by atoms with van der Waals surface area (Å²) in [4.78, 5) is 26.9. The number of likely N-dealkylation sites (tertiary alicyclic amines) is 1. The number of benzene rings is 1. The molecule has 1 aromatic heterocycles. The van der Waals surface area contributed by atoms with Gasteiger partial charge in [-0.05, 0) is 67.4 Å². The maximum atomic E-state index is 12.3. The SMILES string of the molecule is C[C@H]1CCCCN1CCCNC(=O)c1ccc(NC(=O)CSc2nnnn2C)cc1. The zero-order valence-corrected chi connectivity index (χ0v) is 18.3. The molecule has 2 heterocycles. The van der Waals surface area contributed by atoms with Gasteiger partial charge < -0.3 is 15.5 Å². The quantitative estimate of drug-likeness (QED) is 0.462. The smallest absolute Gasteiger partial charge is 0.251 e. The lowest BCUT2D eigenvalue weighted by atomic mass is 10.0. The third-order valence-corrected chi connectivity index (χ3v) is 6.20. The second-order valence-electron chi connectivity index (χ2n) is 7.49. The van der Waals surface area contributed by atoms with Gasteiger partial charge in [-0.15, -0.1) is 5.10 Å². The van der Waals surface area contributed by atoms with E-state index in [4.69, 9.17) is 0 Å². The highest BCUT2D eigenvalue weighted by Crippen LogP contribution is 2.16. The molecule has 9 nitrogen and oxygen atoms in total. The highest BCUT2D eigenvalue weighted by molar-refractivity contribution is 7.99. The zero-order chi connectivity index (χ0) is 21.3.